The molecule has 0 saturated heterocycles. The second-order valence-electron chi connectivity index (χ2n) is 3.06. The molecule has 2 N–H and O–H groups in total. The third kappa shape index (κ3) is 2.27. The molecule has 4 nitrogen and oxygen atoms in total. The summed E-state index contributed by atoms with van der Waals surface area (Å²) in [5, 5.41) is 9.46. The first-order chi connectivity index (χ1) is 7.58. The molecule has 1 aromatic heterocycles. The van der Waals surface area contributed by atoms with Crippen LogP contribution in [-0.4, -0.2) is 15.1 Å². The molecule has 16 heavy (non-hydrogen) atoms. The number of hydrogen-bond acceptors (Lipinski definition) is 3. The lowest BCUT2D eigenvalue weighted by molar-refractivity contribution is 0.447. The van der Waals surface area contributed by atoms with E-state index in [0.29, 0.717) is 5.82 Å². The van der Waals surface area contributed by atoms with Crippen molar-refractivity contribution in [2.75, 3.05) is 0 Å². The molecule has 1 heterocycles. The molecule has 1 aromatic carbocycles. The summed E-state index contributed by atoms with van der Waals surface area (Å²) >= 11 is 5.07. The minimum absolute atomic E-state index is 0.191. The summed E-state index contributed by atoms with van der Waals surface area (Å²) in [5.41, 5.74) is 0.390. The first-order valence-electron chi connectivity index (χ1n) is 4.32. The van der Waals surface area contributed by atoms with Crippen LogP contribution < -0.4 is 5.56 Å². The van der Waals surface area contributed by atoms with Gasteiger partial charge in [-0.15, -0.1) is 0 Å². The van der Waals surface area contributed by atoms with Crippen LogP contribution in [0.25, 0.3) is 11.4 Å². The van der Waals surface area contributed by atoms with Gasteiger partial charge in [0.2, 0.25) is 5.88 Å². The minimum Gasteiger partial charge on any atom is -0.492 e. The zero-order valence-corrected chi connectivity index (χ0v) is 11.6. The summed E-state index contributed by atoms with van der Waals surface area (Å²) in [4.78, 5) is 18.0. The fraction of sp³-hybridized carbons (Fsp3) is 0. The van der Waals surface area contributed by atoms with Crippen molar-refractivity contribution < 1.29 is 5.11 Å². The predicted molar refractivity (Wildman–Crippen MR) is 72.4 cm³/mol. The number of halogens is 2. The molecule has 2 aromatic rings. The Kier molecular flexibility index (Phi) is 3.29. The SMILES string of the molecule is O=c1[nH]c(-c2cccc(Br)c2)nc(O)c1I. The van der Waals surface area contributed by atoms with E-state index >= 15 is 0 Å². The molecule has 0 aliphatic carbocycles. The van der Waals surface area contributed by atoms with Gasteiger partial charge >= 0.3 is 0 Å². The highest BCUT2D eigenvalue weighted by Crippen LogP contribution is 2.21. The molecule has 0 atom stereocenters. The van der Waals surface area contributed by atoms with Crippen molar-refractivity contribution in [1.29, 1.82) is 0 Å². The van der Waals surface area contributed by atoms with E-state index in [0.717, 1.165) is 10.0 Å². The maximum absolute atomic E-state index is 11.4. The topological polar surface area (TPSA) is 66.0 Å². The van der Waals surface area contributed by atoms with Gasteiger partial charge in [0.25, 0.3) is 5.56 Å². The van der Waals surface area contributed by atoms with Gasteiger partial charge in [-0.05, 0) is 34.7 Å². The summed E-state index contributed by atoms with van der Waals surface area (Å²) < 4.78 is 1.07. The van der Waals surface area contributed by atoms with Crippen molar-refractivity contribution in [2.24, 2.45) is 0 Å². The van der Waals surface area contributed by atoms with E-state index in [1.165, 1.54) is 0 Å². The third-order valence-corrected chi connectivity index (χ3v) is 3.41. The molecule has 0 bridgehead atoms. The lowest BCUT2D eigenvalue weighted by Gasteiger charge is -2.02. The number of nitrogens with zero attached hydrogens (tertiary/aromatic N) is 1. The molecular formula is C10H6BrIN2O2. The molecule has 0 amide bonds. The van der Waals surface area contributed by atoms with Crippen LogP contribution in [-0.2, 0) is 0 Å². The third-order valence-electron chi connectivity index (χ3n) is 1.94. The monoisotopic (exact) mass is 392 g/mol. The maximum Gasteiger partial charge on any atom is 0.268 e. The van der Waals surface area contributed by atoms with Gasteiger partial charge in [0.15, 0.2) is 0 Å². The Hall–Kier alpha value is -0.890. The highest BCUT2D eigenvalue weighted by atomic mass is 127. The number of hydrogen-bond donors (Lipinski definition) is 2. The number of benzene rings is 1. The van der Waals surface area contributed by atoms with Crippen LogP contribution in [0.2, 0.25) is 0 Å². The molecule has 0 aliphatic heterocycles. The molecule has 6 heteroatoms. The average molecular weight is 393 g/mol. The number of aromatic amines is 1. The zero-order chi connectivity index (χ0) is 11.7. The number of rotatable bonds is 1. The quantitative estimate of drug-likeness (QED) is 0.733. The van der Waals surface area contributed by atoms with Gasteiger partial charge in [-0.25, -0.2) is 0 Å². The number of H-pyrrole nitrogens is 1. The average Bonchev–Trinajstić information content (AvgIpc) is 2.25. The Balaban J connectivity index is 2.61. The molecule has 0 fully saturated rings. The standard InChI is InChI=1S/C10H6BrIN2O2/c11-6-3-1-2-5(4-6)8-13-9(15)7(12)10(16)14-8/h1-4H,(H2,13,14,15,16). The summed E-state index contributed by atoms with van der Waals surface area (Å²) in [5.74, 6) is 0.101. The lowest BCUT2D eigenvalue weighted by Crippen LogP contribution is -2.12. The second kappa shape index (κ2) is 4.54. The van der Waals surface area contributed by atoms with Crippen LogP contribution in [0.4, 0.5) is 0 Å². The second-order valence-corrected chi connectivity index (χ2v) is 5.06. The van der Waals surface area contributed by atoms with E-state index in [2.05, 4.69) is 25.9 Å². The van der Waals surface area contributed by atoms with E-state index < -0.39 is 0 Å². The molecule has 0 saturated carbocycles. The van der Waals surface area contributed by atoms with Crippen LogP contribution in [0.5, 0.6) is 5.88 Å². The minimum atomic E-state index is -0.344. The number of aromatic hydroxyl groups is 1. The van der Waals surface area contributed by atoms with E-state index in [4.69, 9.17) is 0 Å². The first-order valence-corrected chi connectivity index (χ1v) is 6.20. The molecule has 0 unspecified atom stereocenters. The summed E-state index contributed by atoms with van der Waals surface area (Å²) in [6, 6.07) is 7.31. The fourth-order valence-corrected chi connectivity index (χ4v) is 1.87. The first kappa shape index (κ1) is 11.6. The van der Waals surface area contributed by atoms with Crippen molar-refractivity contribution in [3.8, 4) is 17.3 Å². The highest BCUT2D eigenvalue weighted by Gasteiger charge is 2.08. The van der Waals surface area contributed by atoms with Gasteiger partial charge < -0.3 is 10.1 Å². The van der Waals surface area contributed by atoms with Gasteiger partial charge in [-0.2, -0.15) is 4.98 Å². The normalized spacial score (nSPS) is 10.4. The van der Waals surface area contributed by atoms with E-state index in [1.54, 1.807) is 28.7 Å². The van der Waals surface area contributed by atoms with Gasteiger partial charge in [0, 0.05) is 10.0 Å². The highest BCUT2D eigenvalue weighted by molar-refractivity contribution is 14.1. The Bertz CT molecular complexity index is 598. The summed E-state index contributed by atoms with van der Waals surface area (Å²) in [6.07, 6.45) is 0. The summed E-state index contributed by atoms with van der Waals surface area (Å²) in [6.45, 7) is 0. The van der Waals surface area contributed by atoms with Crippen LogP contribution in [0.3, 0.4) is 0 Å². The van der Waals surface area contributed by atoms with Crippen LogP contribution in [0, 0.1) is 3.57 Å². The summed E-state index contributed by atoms with van der Waals surface area (Å²) in [7, 11) is 0. The molecule has 0 aliphatic rings. The lowest BCUT2D eigenvalue weighted by atomic mass is 10.2. The maximum atomic E-state index is 11.4. The number of nitrogens with one attached hydrogen (secondary N) is 1. The van der Waals surface area contributed by atoms with E-state index in [1.807, 2.05) is 18.2 Å². The smallest absolute Gasteiger partial charge is 0.268 e. The van der Waals surface area contributed by atoms with Gasteiger partial charge in [-0.3, -0.25) is 4.79 Å². The van der Waals surface area contributed by atoms with Crippen molar-refractivity contribution in [3.05, 3.63) is 42.7 Å². The Labute approximate surface area is 113 Å². The molecule has 0 spiro atoms. The Morgan fingerprint density at radius 2 is 2.19 bits per heavy atom. The predicted octanol–water partition coefficient (Wildman–Crippen LogP) is 2.51. The van der Waals surface area contributed by atoms with Crippen LogP contribution >= 0.6 is 38.5 Å². The van der Waals surface area contributed by atoms with Gasteiger partial charge in [-0.1, -0.05) is 28.1 Å². The van der Waals surface area contributed by atoms with Crippen molar-refractivity contribution in [2.45, 2.75) is 0 Å². The van der Waals surface area contributed by atoms with E-state index in [-0.39, 0.29) is 15.0 Å². The van der Waals surface area contributed by atoms with Gasteiger partial charge in [0.05, 0.1) is 0 Å². The Morgan fingerprint density at radius 1 is 1.44 bits per heavy atom. The van der Waals surface area contributed by atoms with Gasteiger partial charge in [0.1, 0.15) is 9.39 Å². The zero-order valence-electron chi connectivity index (χ0n) is 7.87. The van der Waals surface area contributed by atoms with E-state index in [9.17, 15) is 9.90 Å². The largest absolute Gasteiger partial charge is 0.492 e. The molecule has 82 valence electrons. The molecule has 2 rings (SSSR count). The van der Waals surface area contributed by atoms with Crippen LogP contribution in [0.15, 0.2) is 33.5 Å². The van der Waals surface area contributed by atoms with Crippen molar-refractivity contribution >= 4 is 38.5 Å². The van der Waals surface area contributed by atoms with Crippen molar-refractivity contribution in [3.63, 3.8) is 0 Å². The van der Waals surface area contributed by atoms with Crippen LogP contribution in [0.1, 0.15) is 0 Å². The number of aromatic nitrogens is 2. The molecular weight excluding hydrogens is 387 g/mol. The Morgan fingerprint density at radius 3 is 2.81 bits per heavy atom. The molecule has 0 radical (unpaired) electrons. The van der Waals surface area contributed by atoms with Crippen molar-refractivity contribution in [1.82, 2.24) is 9.97 Å². The fourth-order valence-electron chi connectivity index (χ4n) is 1.22.